The Bertz CT molecular complexity index is 1240. The van der Waals surface area contributed by atoms with Crippen molar-refractivity contribution >= 4 is 35.6 Å². The smallest absolute Gasteiger partial charge is 0.335 e. The summed E-state index contributed by atoms with van der Waals surface area (Å²) in [4.78, 5) is 36.9. The van der Waals surface area contributed by atoms with E-state index in [1.54, 1.807) is 24.3 Å². The maximum atomic E-state index is 12.8. The predicted octanol–water partition coefficient (Wildman–Crippen LogP) is 4.16. The van der Waals surface area contributed by atoms with E-state index in [4.69, 9.17) is 21.1 Å². The Morgan fingerprint density at radius 3 is 2.51 bits per heavy atom. The molecular formula is C26H23ClN2O6. The summed E-state index contributed by atoms with van der Waals surface area (Å²) in [6, 6.07) is 9.70. The summed E-state index contributed by atoms with van der Waals surface area (Å²) in [6.45, 7) is 2.26. The van der Waals surface area contributed by atoms with Gasteiger partial charge in [0.15, 0.2) is 11.5 Å². The lowest BCUT2D eigenvalue weighted by molar-refractivity contribution is -0.140. The number of halogens is 1. The fraction of sp³-hybridized carbons (Fsp3) is 0.308. The van der Waals surface area contributed by atoms with Crippen molar-refractivity contribution in [3.8, 4) is 11.5 Å². The molecule has 3 aliphatic rings. The quantitative estimate of drug-likeness (QED) is 0.335. The Kier molecular flexibility index (Phi) is 6.06. The molecule has 1 saturated carbocycles. The monoisotopic (exact) mass is 494 g/mol. The van der Waals surface area contributed by atoms with Gasteiger partial charge in [-0.25, -0.2) is 4.79 Å². The number of amides is 2. The highest BCUT2D eigenvalue weighted by molar-refractivity contribution is 6.32. The molecule has 0 spiro atoms. The average molecular weight is 495 g/mol. The zero-order valence-corrected chi connectivity index (χ0v) is 19.6. The predicted molar refractivity (Wildman–Crippen MR) is 128 cm³/mol. The lowest BCUT2D eigenvalue weighted by atomic mass is 9.85. The maximum absolute atomic E-state index is 12.8. The molecule has 5 rings (SSSR count). The van der Waals surface area contributed by atoms with Gasteiger partial charge in [0.1, 0.15) is 6.61 Å². The number of hydrogen-bond acceptors (Lipinski definition) is 6. The largest absolute Gasteiger partial charge is 0.490 e. The van der Waals surface area contributed by atoms with Crippen LogP contribution in [0.25, 0.3) is 0 Å². The number of fused-ring (bicyclic) bond motifs is 5. The zero-order chi connectivity index (χ0) is 24.7. The van der Waals surface area contributed by atoms with Crippen molar-refractivity contribution in [3.63, 3.8) is 0 Å². The van der Waals surface area contributed by atoms with Gasteiger partial charge in [0.2, 0.25) is 0 Å². The Labute approximate surface area is 206 Å². The first-order valence-corrected chi connectivity index (χ1v) is 11.8. The first-order valence-electron chi connectivity index (χ1n) is 11.4. The Morgan fingerprint density at radius 1 is 1.14 bits per heavy atom. The van der Waals surface area contributed by atoms with Crippen LogP contribution in [-0.4, -0.2) is 40.7 Å². The molecule has 1 saturated heterocycles. The van der Waals surface area contributed by atoms with E-state index in [-0.39, 0.29) is 52.7 Å². The van der Waals surface area contributed by atoms with Crippen LogP contribution in [0.1, 0.15) is 34.8 Å². The summed E-state index contributed by atoms with van der Waals surface area (Å²) in [5, 5.41) is 14.6. The second kappa shape index (κ2) is 9.19. The summed E-state index contributed by atoms with van der Waals surface area (Å²) in [5.74, 6) is -1.25. The molecule has 180 valence electrons. The van der Waals surface area contributed by atoms with E-state index in [9.17, 15) is 19.5 Å². The molecule has 2 aliphatic carbocycles. The van der Waals surface area contributed by atoms with Gasteiger partial charge in [-0.3, -0.25) is 9.59 Å². The van der Waals surface area contributed by atoms with Crippen molar-refractivity contribution < 1.29 is 29.0 Å². The first kappa shape index (κ1) is 23.1. The third-order valence-corrected chi connectivity index (χ3v) is 6.94. The highest BCUT2D eigenvalue weighted by Crippen LogP contribution is 2.52. The van der Waals surface area contributed by atoms with Crippen LogP contribution in [0, 0.1) is 23.7 Å². The number of carboxylic acids is 1. The molecule has 2 fully saturated rings. The minimum absolute atomic E-state index is 0.0876. The van der Waals surface area contributed by atoms with Crippen LogP contribution < -0.4 is 9.47 Å². The number of imide groups is 1. The van der Waals surface area contributed by atoms with Crippen molar-refractivity contribution in [3.05, 3.63) is 70.3 Å². The van der Waals surface area contributed by atoms with Gasteiger partial charge in [-0.2, -0.15) is 10.1 Å². The Hall–Kier alpha value is -3.65. The molecule has 0 radical (unpaired) electrons. The summed E-state index contributed by atoms with van der Waals surface area (Å²) in [7, 11) is 0. The fourth-order valence-corrected chi connectivity index (χ4v) is 5.41. The summed E-state index contributed by atoms with van der Waals surface area (Å²) in [6.07, 6.45) is 6.35. The first-order chi connectivity index (χ1) is 16.9. The molecule has 0 aromatic heterocycles. The Balaban J connectivity index is 1.34. The number of hydrazone groups is 1. The molecule has 2 aromatic carbocycles. The normalized spacial score (nSPS) is 24.5. The molecule has 1 aliphatic heterocycles. The maximum Gasteiger partial charge on any atom is 0.335 e. The lowest BCUT2D eigenvalue weighted by Crippen LogP contribution is -2.28. The van der Waals surface area contributed by atoms with E-state index in [1.807, 2.05) is 19.1 Å². The standard InChI is InChI=1S/C26H23ClN2O6/c1-2-34-20-10-15(9-19(27)23(20)35-13-14-4-3-5-18(8-14)26(32)33)12-28-29-24(30)21-16-6-7-17(11-16)22(21)25(29)31/h3-10,12,16-17,21-22H,2,11,13H2,1H3,(H,32,33)/t16-,17-,21-,22+/m0/s1. The molecule has 1 N–H and O–H groups in total. The van der Waals surface area contributed by atoms with E-state index in [1.165, 1.54) is 18.3 Å². The highest BCUT2D eigenvalue weighted by atomic mass is 35.5. The number of aromatic carboxylic acids is 1. The van der Waals surface area contributed by atoms with Crippen molar-refractivity contribution in [1.29, 1.82) is 0 Å². The SMILES string of the molecule is CCOc1cc(C=NN2C(=O)[C@@H]3[C@H](C2=O)[C@H]2C=C[C@H]3C2)cc(Cl)c1OCc1cccc(C(=O)O)c1. The van der Waals surface area contributed by atoms with Crippen LogP contribution >= 0.6 is 11.6 Å². The van der Waals surface area contributed by atoms with E-state index in [2.05, 4.69) is 5.10 Å². The van der Waals surface area contributed by atoms with E-state index >= 15 is 0 Å². The summed E-state index contributed by atoms with van der Waals surface area (Å²) >= 11 is 6.48. The molecule has 9 heteroatoms. The number of benzene rings is 2. The molecular weight excluding hydrogens is 472 g/mol. The summed E-state index contributed by atoms with van der Waals surface area (Å²) < 4.78 is 11.6. The number of nitrogens with zero attached hydrogens (tertiary/aromatic N) is 2. The van der Waals surface area contributed by atoms with Crippen LogP contribution in [0.4, 0.5) is 0 Å². The lowest BCUT2D eigenvalue weighted by Gasteiger charge is -2.15. The third-order valence-electron chi connectivity index (χ3n) is 6.66. The number of carbonyl (C=O) groups is 3. The number of ether oxygens (including phenoxy) is 2. The van der Waals surface area contributed by atoms with E-state index in [0.717, 1.165) is 11.4 Å². The molecule has 2 amide bonds. The number of allylic oxidation sites excluding steroid dienone is 2. The van der Waals surface area contributed by atoms with Gasteiger partial charge in [0, 0.05) is 0 Å². The minimum atomic E-state index is -1.02. The molecule has 2 aromatic rings. The van der Waals surface area contributed by atoms with Crippen molar-refractivity contribution in [1.82, 2.24) is 5.01 Å². The highest BCUT2D eigenvalue weighted by Gasteiger charge is 2.59. The number of hydrogen-bond donors (Lipinski definition) is 1. The van der Waals surface area contributed by atoms with Gasteiger partial charge in [-0.1, -0.05) is 35.9 Å². The molecule has 0 unspecified atom stereocenters. The van der Waals surface area contributed by atoms with Gasteiger partial charge >= 0.3 is 5.97 Å². The van der Waals surface area contributed by atoms with Crippen molar-refractivity contribution in [2.45, 2.75) is 20.0 Å². The van der Waals surface area contributed by atoms with Crippen LogP contribution in [0.2, 0.25) is 5.02 Å². The second-order valence-corrected chi connectivity index (χ2v) is 9.20. The van der Waals surface area contributed by atoms with E-state index in [0.29, 0.717) is 29.2 Å². The molecule has 35 heavy (non-hydrogen) atoms. The average Bonchev–Trinajstić information content (AvgIpc) is 3.52. The van der Waals surface area contributed by atoms with Crippen LogP contribution in [-0.2, 0) is 16.2 Å². The van der Waals surface area contributed by atoms with Crippen molar-refractivity contribution in [2.75, 3.05) is 6.61 Å². The van der Waals surface area contributed by atoms with Crippen LogP contribution in [0.3, 0.4) is 0 Å². The topological polar surface area (TPSA) is 106 Å². The third kappa shape index (κ3) is 4.18. The van der Waals surface area contributed by atoms with Crippen LogP contribution in [0.5, 0.6) is 11.5 Å². The fourth-order valence-electron chi connectivity index (χ4n) is 5.14. The molecule has 8 nitrogen and oxygen atoms in total. The van der Waals surface area contributed by atoms with Gasteiger partial charge < -0.3 is 14.6 Å². The number of carbonyl (C=O) groups excluding carboxylic acids is 2. The molecule has 2 bridgehead atoms. The zero-order valence-electron chi connectivity index (χ0n) is 18.9. The van der Waals surface area contributed by atoms with Gasteiger partial charge in [-0.15, -0.1) is 0 Å². The Morgan fingerprint density at radius 2 is 1.86 bits per heavy atom. The number of carboxylic acid groups (broad SMARTS) is 1. The van der Waals surface area contributed by atoms with Crippen LogP contribution in [0.15, 0.2) is 53.7 Å². The van der Waals surface area contributed by atoms with Gasteiger partial charge in [-0.05, 0) is 60.6 Å². The van der Waals surface area contributed by atoms with E-state index < -0.39 is 5.97 Å². The molecule has 4 atom stereocenters. The summed E-state index contributed by atoms with van der Waals surface area (Å²) in [5.41, 5.74) is 1.36. The van der Waals surface area contributed by atoms with Crippen molar-refractivity contribution in [2.24, 2.45) is 28.8 Å². The molecule has 1 heterocycles. The minimum Gasteiger partial charge on any atom is -0.490 e. The van der Waals surface area contributed by atoms with Gasteiger partial charge in [0.25, 0.3) is 11.8 Å². The van der Waals surface area contributed by atoms with Gasteiger partial charge in [0.05, 0.1) is 35.2 Å². The number of rotatable bonds is 8. The second-order valence-electron chi connectivity index (χ2n) is 8.79.